The number of hydrogen-bond donors (Lipinski definition) is 3. The molecule has 4 aromatic carbocycles. The fourth-order valence-electron chi connectivity index (χ4n) is 18.2. The monoisotopic (exact) mass is 844 g/mol. The third kappa shape index (κ3) is 6.21. The van der Waals surface area contributed by atoms with Gasteiger partial charge in [-0.15, -0.1) is 0 Å². The minimum Gasteiger partial charge on any atom is -0.456 e. The summed E-state index contributed by atoms with van der Waals surface area (Å²) in [5.41, 5.74) is 29.7. The van der Waals surface area contributed by atoms with E-state index in [4.69, 9.17) is 31.4 Å². The molecule has 0 heterocycles. The van der Waals surface area contributed by atoms with Crippen LogP contribution < -0.4 is 31.4 Å². The lowest BCUT2D eigenvalue weighted by Gasteiger charge is -2.62. The fraction of sp³-hybridized carbons (Fsp3) is 0.579. The molecule has 12 aliphatic rings. The number of aryl methyl sites for hydroxylation is 3. The first-order valence-corrected chi connectivity index (χ1v) is 25.3. The van der Waals surface area contributed by atoms with E-state index in [-0.39, 0.29) is 16.2 Å². The number of rotatable bonds is 9. The third-order valence-corrected chi connectivity index (χ3v) is 19.3. The molecule has 12 aliphatic carbocycles. The van der Waals surface area contributed by atoms with Crippen molar-refractivity contribution >= 4 is 17.1 Å². The van der Waals surface area contributed by atoms with Crippen LogP contribution in [0.5, 0.6) is 34.5 Å². The average molecular weight is 844 g/mol. The Kier molecular flexibility index (Phi) is 8.59. The lowest BCUT2D eigenvalue weighted by molar-refractivity contribution is -0.0205. The van der Waals surface area contributed by atoms with E-state index in [2.05, 4.69) is 51.1 Å². The van der Waals surface area contributed by atoms with Gasteiger partial charge in [-0.05, 0) is 224 Å². The van der Waals surface area contributed by atoms with E-state index in [0.717, 1.165) is 98.1 Å². The van der Waals surface area contributed by atoms with Crippen molar-refractivity contribution in [1.29, 1.82) is 0 Å². The highest BCUT2D eigenvalue weighted by Gasteiger charge is 2.62. The Labute approximate surface area is 375 Å². The van der Waals surface area contributed by atoms with Crippen LogP contribution in [0, 0.1) is 74.0 Å². The summed E-state index contributed by atoms with van der Waals surface area (Å²) in [4.78, 5) is 0. The topological polar surface area (TPSA) is 106 Å². The predicted molar refractivity (Wildman–Crippen MR) is 253 cm³/mol. The fourth-order valence-corrected chi connectivity index (χ4v) is 18.2. The first-order valence-electron chi connectivity index (χ1n) is 25.3. The Morgan fingerprint density at radius 1 is 0.349 bits per heavy atom. The molecule has 12 saturated carbocycles. The molecule has 12 bridgehead atoms. The molecule has 0 saturated heterocycles. The van der Waals surface area contributed by atoms with Gasteiger partial charge >= 0.3 is 0 Å². The molecule has 330 valence electrons. The van der Waals surface area contributed by atoms with Gasteiger partial charge in [0.15, 0.2) is 11.5 Å². The van der Waals surface area contributed by atoms with Gasteiger partial charge in [-0.2, -0.15) is 0 Å². The summed E-state index contributed by atoms with van der Waals surface area (Å²) in [6.07, 6.45) is 23.3. The number of anilines is 3. The molecule has 12 fully saturated rings. The molecular weight excluding hydrogens is 775 g/mol. The predicted octanol–water partition coefficient (Wildman–Crippen LogP) is 14.1. The van der Waals surface area contributed by atoms with Crippen molar-refractivity contribution in [3.63, 3.8) is 0 Å². The highest BCUT2D eigenvalue weighted by atomic mass is 16.5. The second-order valence-electron chi connectivity index (χ2n) is 24.1. The number of nitrogen functional groups attached to an aromatic ring is 3. The van der Waals surface area contributed by atoms with Crippen LogP contribution in [0.1, 0.15) is 149 Å². The SMILES string of the molecule is Cc1ccc(N)cc1Oc1c(Oc2cc(N)ccc2C)c(C23CC4CC(CC(C4)C2)C3)c(C23CC4CC(CC(C4)C2)C3)c(Oc2cc(N)ccc2C)c1C12CC3CC(CC(C3)C1)C2. The number of ether oxygens (including phenoxy) is 3. The lowest BCUT2D eigenvalue weighted by Crippen LogP contribution is -2.53. The second kappa shape index (κ2) is 13.8. The van der Waals surface area contributed by atoms with Crippen molar-refractivity contribution in [2.24, 2.45) is 53.3 Å². The van der Waals surface area contributed by atoms with Crippen LogP contribution in [-0.2, 0) is 16.2 Å². The van der Waals surface area contributed by atoms with Gasteiger partial charge in [0.1, 0.15) is 23.0 Å². The smallest absolute Gasteiger partial charge is 0.177 e. The quantitative estimate of drug-likeness (QED) is 0.145. The van der Waals surface area contributed by atoms with Crippen molar-refractivity contribution < 1.29 is 14.2 Å². The molecule has 63 heavy (non-hydrogen) atoms. The van der Waals surface area contributed by atoms with Gasteiger partial charge in [-0.25, -0.2) is 0 Å². The summed E-state index contributed by atoms with van der Waals surface area (Å²) in [6, 6.07) is 18.7. The zero-order chi connectivity index (χ0) is 42.6. The maximum absolute atomic E-state index is 8.06. The van der Waals surface area contributed by atoms with E-state index in [1.54, 1.807) is 0 Å². The van der Waals surface area contributed by atoms with Crippen LogP contribution in [0.25, 0.3) is 0 Å². The van der Waals surface area contributed by atoms with Crippen LogP contribution in [0.2, 0.25) is 0 Å². The van der Waals surface area contributed by atoms with Crippen LogP contribution >= 0.6 is 0 Å². The first-order chi connectivity index (χ1) is 30.4. The van der Waals surface area contributed by atoms with Crippen LogP contribution in [0.15, 0.2) is 54.6 Å². The molecule has 16 rings (SSSR count). The molecule has 0 spiro atoms. The van der Waals surface area contributed by atoms with Gasteiger partial charge < -0.3 is 31.4 Å². The molecule has 0 radical (unpaired) electrons. The second-order valence-corrected chi connectivity index (χ2v) is 24.1. The normalized spacial score (nSPS) is 37.5. The Bertz CT molecular complexity index is 2430. The van der Waals surface area contributed by atoms with E-state index >= 15 is 0 Å². The molecule has 6 heteroatoms. The maximum Gasteiger partial charge on any atom is 0.177 e. The molecule has 0 unspecified atom stereocenters. The van der Waals surface area contributed by atoms with Gasteiger partial charge in [-0.3, -0.25) is 0 Å². The Morgan fingerprint density at radius 2 is 0.587 bits per heavy atom. The van der Waals surface area contributed by atoms with Gasteiger partial charge in [-0.1, -0.05) is 18.2 Å². The largest absolute Gasteiger partial charge is 0.456 e. The Hall–Kier alpha value is -4.32. The summed E-state index contributed by atoms with van der Waals surface area (Å²) < 4.78 is 23.8. The lowest BCUT2D eigenvalue weighted by atomic mass is 9.43. The first kappa shape index (κ1) is 39.1. The minimum atomic E-state index is -0.109. The van der Waals surface area contributed by atoms with E-state index in [1.165, 1.54) is 132 Å². The number of benzene rings is 4. The molecule has 0 atom stereocenters. The Morgan fingerprint density at radius 3 is 0.889 bits per heavy atom. The molecule has 0 amide bonds. The van der Waals surface area contributed by atoms with Crippen LogP contribution in [0.3, 0.4) is 0 Å². The van der Waals surface area contributed by atoms with Crippen LogP contribution in [-0.4, -0.2) is 0 Å². The van der Waals surface area contributed by atoms with Gasteiger partial charge in [0.05, 0.1) is 0 Å². The highest BCUT2D eigenvalue weighted by molar-refractivity contribution is 5.73. The van der Waals surface area contributed by atoms with Gasteiger partial charge in [0.25, 0.3) is 0 Å². The van der Waals surface area contributed by atoms with E-state index in [1.807, 2.05) is 24.3 Å². The van der Waals surface area contributed by atoms with Crippen molar-refractivity contribution in [3.05, 3.63) is 88.0 Å². The molecule has 0 aromatic heterocycles. The van der Waals surface area contributed by atoms with Crippen molar-refractivity contribution in [3.8, 4) is 34.5 Å². The zero-order valence-electron chi connectivity index (χ0n) is 38.1. The van der Waals surface area contributed by atoms with E-state index in [9.17, 15) is 0 Å². The summed E-state index contributed by atoms with van der Waals surface area (Å²) >= 11 is 0. The van der Waals surface area contributed by atoms with Crippen molar-refractivity contribution in [2.45, 2.75) is 153 Å². The number of nitrogens with two attached hydrogens (primary N) is 3. The molecule has 6 nitrogen and oxygen atoms in total. The highest BCUT2D eigenvalue weighted by Crippen LogP contribution is 2.73. The Balaban J connectivity index is 1.20. The van der Waals surface area contributed by atoms with E-state index in [0.29, 0.717) is 23.4 Å². The zero-order valence-corrected chi connectivity index (χ0v) is 38.1. The summed E-state index contributed by atoms with van der Waals surface area (Å²) in [7, 11) is 0. The summed E-state index contributed by atoms with van der Waals surface area (Å²) in [5.74, 6) is 12.2. The van der Waals surface area contributed by atoms with Crippen LogP contribution in [0.4, 0.5) is 17.1 Å². The number of hydrogen-bond acceptors (Lipinski definition) is 6. The summed E-state index contributed by atoms with van der Waals surface area (Å²) in [6.45, 7) is 6.55. The average Bonchev–Trinajstić information content (AvgIpc) is 3.21. The van der Waals surface area contributed by atoms with Gasteiger partial charge in [0, 0.05) is 68.2 Å². The summed E-state index contributed by atoms with van der Waals surface area (Å²) in [5, 5.41) is 0. The molecule has 4 aromatic rings. The minimum absolute atomic E-state index is 0.00249. The van der Waals surface area contributed by atoms with E-state index < -0.39 is 0 Å². The van der Waals surface area contributed by atoms with Gasteiger partial charge in [0.2, 0.25) is 0 Å². The molecular formula is C57H69N3O3. The third-order valence-electron chi connectivity index (χ3n) is 19.3. The van der Waals surface area contributed by atoms with Crippen molar-refractivity contribution in [1.82, 2.24) is 0 Å². The maximum atomic E-state index is 8.06. The molecule has 0 aliphatic heterocycles. The molecule has 6 N–H and O–H groups in total. The standard InChI is InChI=1S/C57H69N3O3/c1-31-4-7-43(58)19-46(31)61-52-49(55-22-34-10-35(23-55)12-36(11-34)24-55)50(56-25-37-13-38(26-56)15-39(14-37)27-56)53(62-47-20-44(59)8-5-32(47)2)54(63-48-21-45(60)9-6-33(48)3)51(52)57-28-40-16-41(29-57)18-42(17-40)30-57/h4-9,19-21,34-42H,10-18,22-30,58-60H2,1-3H3. The van der Waals surface area contributed by atoms with Crippen molar-refractivity contribution in [2.75, 3.05) is 17.2 Å².